The van der Waals surface area contributed by atoms with Crippen molar-refractivity contribution < 1.29 is 4.79 Å². The van der Waals surface area contributed by atoms with Gasteiger partial charge in [0.15, 0.2) is 0 Å². The second-order valence-corrected chi connectivity index (χ2v) is 5.01. The minimum absolute atomic E-state index is 0.119. The van der Waals surface area contributed by atoms with E-state index in [2.05, 4.69) is 10.4 Å². The molecule has 2 unspecified atom stereocenters. The summed E-state index contributed by atoms with van der Waals surface area (Å²) in [5.74, 6) is 0.686. The number of aromatic nitrogens is 2. The number of nitrogens with two attached hydrogens (primary N) is 1. The first-order chi connectivity index (χ1) is 8.06. The summed E-state index contributed by atoms with van der Waals surface area (Å²) in [6, 6.07) is -0.414. The molecule has 5 heteroatoms. The van der Waals surface area contributed by atoms with Crippen molar-refractivity contribution >= 4 is 5.91 Å². The molecule has 0 aliphatic heterocycles. The van der Waals surface area contributed by atoms with E-state index in [4.69, 9.17) is 5.73 Å². The van der Waals surface area contributed by atoms with Crippen molar-refractivity contribution in [3.05, 3.63) is 18.0 Å². The second-order valence-electron chi connectivity index (χ2n) is 5.01. The van der Waals surface area contributed by atoms with Crippen LogP contribution in [0.5, 0.6) is 0 Å². The molecular formula is C12H20N4O. The molecule has 0 saturated heterocycles. The third kappa shape index (κ3) is 3.30. The van der Waals surface area contributed by atoms with E-state index in [1.807, 2.05) is 14.0 Å². The molecule has 0 bridgehead atoms. The lowest BCUT2D eigenvalue weighted by Crippen LogP contribution is -2.39. The third-order valence-corrected chi connectivity index (χ3v) is 3.14. The van der Waals surface area contributed by atoms with Crippen molar-refractivity contribution in [3.63, 3.8) is 0 Å². The Hall–Kier alpha value is -1.36. The average Bonchev–Trinajstić information content (AvgIpc) is 2.96. The lowest BCUT2D eigenvalue weighted by Gasteiger charge is -2.16. The Morgan fingerprint density at radius 3 is 2.94 bits per heavy atom. The van der Waals surface area contributed by atoms with E-state index in [1.54, 1.807) is 17.1 Å². The van der Waals surface area contributed by atoms with Crippen LogP contribution in [-0.2, 0) is 11.8 Å². The lowest BCUT2D eigenvalue weighted by molar-refractivity contribution is -0.123. The van der Waals surface area contributed by atoms with E-state index in [-0.39, 0.29) is 11.9 Å². The normalized spacial score (nSPS) is 18.8. The molecule has 1 saturated carbocycles. The van der Waals surface area contributed by atoms with E-state index in [9.17, 15) is 4.79 Å². The van der Waals surface area contributed by atoms with Crippen molar-refractivity contribution in [2.45, 2.75) is 38.3 Å². The van der Waals surface area contributed by atoms with Crippen LogP contribution < -0.4 is 11.1 Å². The van der Waals surface area contributed by atoms with E-state index in [0.29, 0.717) is 0 Å². The van der Waals surface area contributed by atoms with E-state index < -0.39 is 6.04 Å². The molecule has 3 N–H and O–H groups in total. The number of nitrogens with zero attached hydrogens (tertiary/aromatic N) is 2. The van der Waals surface area contributed by atoms with Crippen molar-refractivity contribution in [3.8, 4) is 0 Å². The number of carbonyl (C=O) groups is 1. The molecule has 1 heterocycles. The number of hydrogen-bond acceptors (Lipinski definition) is 3. The van der Waals surface area contributed by atoms with Crippen molar-refractivity contribution in [2.24, 2.45) is 18.7 Å². The highest BCUT2D eigenvalue weighted by Crippen LogP contribution is 2.33. The van der Waals surface area contributed by atoms with Gasteiger partial charge in [-0.3, -0.25) is 9.48 Å². The summed E-state index contributed by atoms with van der Waals surface area (Å²) in [7, 11) is 1.81. The summed E-state index contributed by atoms with van der Waals surface area (Å²) in [6.07, 6.45) is 7.07. The Morgan fingerprint density at radius 2 is 2.41 bits per heavy atom. The summed E-state index contributed by atoms with van der Waals surface area (Å²) < 4.78 is 1.65. The fourth-order valence-corrected chi connectivity index (χ4v) is 2.00. The van der Waals surface area contributed by atoms with Crippen LogP contribution in [0.3, 0.4) is 0 Å². The predicted molar refractivity (Wildman–Crippen MR) is 65.1 cm³/mol. The van der Waals surface area contributed by atoms with Crippen LogP contribution in [0.2, 0.25) is 0 Å². The van der Waals surface area contributed by atoms with Gasteiger partial charge in [0, 0.05) is 24.8 Å². The molecule has 0 aromatic carbocycles. The van der Waals surface area contributed by atoms with Gasteiger partial charge in [-0.05, 0) is 19.3 Å². The Labute approximate surface area is 101 Å². The largest absolute Gasteiger partial charge is 0.352 e. The summed E-state index contributed by atoms with van der Waals surface area (Å²) in [5, 5.41) is 6.97. The highest BCUT2D eigenvalue weighted by molar-refractivity contribution is 5.83. The van der Waals surface area contributed by atoms with E-state index in [0.717, 1.165) is 17.9 Å². The molecule has 1 aliphatic carbocycles. The van der Waals surface area contributed by atoms with Crippen LogP contribution in [-0.4, -0.2) is 21.7 Å². The Kier molecular flexibility index (Phi) is 3.47. The smallest absolute Gasteiger partial charge is 0.241 e. The average molecular weight is 236 g/mol. The molecule has 1 fully saturated rings. The Morgan fingerprint density at radius 1 is 1.71 bits per heavy atom. The maximum Gasteiger partial charge on any atom is 0.241 e. The van der Waals surface area contributed by atoms with E-state index in [1.165, 1.54) is 12.8 Å². The topological polar surface area (TPSA) is 72.9 Å². The minimum atomic E-state index is -0.620. The summed E-state index contributed by atoms with van der Waals surface area (Å²) in [5.41, 5.74) is 6.63. The highest BCUT2D eigenvalue weighted by atomic mass is 16.2. The first-order valence-corrected chi connectivity index (χ1v) is 6.10. The molecule has 94 valence electrons. The zero-order valence-electron chi connectivity index (χ0n) is 10.4. The van der Waals surface area contributed by atoms with Gasteiger partial charge in [-0.15, -0.1) is 0 Å². The van der Waals surface area contributed by atoms with Gasteiger partial charge in [0.1, 0.15) is 6.04 Å². The maximum atomic E-state index is 11.9. The fourth-order valence-electron chi connectivity index (χ4n) is 2.00. The van der Waals surface area contributed by atoms with Crippen LogP contribution in [0.4, 0.5) is 0 Å². The lowest BCUT2D eigenvalue weighted by atomic mass is 10.1. The van der Waals surface area contributed by atoms with Crippen LogP contribution >= 0.6 is 0 Å². The molecule has 1 amide bonds. The molecule has 2 atom stereocenters. The molecule has 1 aromatic heterocycles. The molecular weight excluding hydrogens is 216 g/mol. The predicted octanol–water partition coefficient (Wildman–Crippen LogP) is 0.725. The SMILES string of the molecule is CC(CC1CC1)NC(=O)C(N)c1cnn(C)c1. The third-order valence-electron chi connectivity index (χ3n) is 3.14. The number of carbonyl (C=O) groups excluding carboxylic acids is 1. The summed E-state index contributed by atoms with van der Waals surface area (Å²) in [4.78, 5) is 11.9. The maximum absolute atomic E-state index is 11.9. The first-order valence-electron chi connectivity index (χ1n) is 6.10. The van der Waals surface area contributed by atoms with Gasteiger partial charge in [0.2, 0.25) is 5.91 Å². The van der Waals surface area contributed by atoms with Crippen LogP contribution in [0.1, 0.15) is 37.8 Å². The van der Waals surface area contributed by atoms with Crippen LogP contribution in [0, 0.1) is 5.92 Å². The molecule has 5 nitrogen and oxygen atoms in total. The molecule has 1 aliphatic rings. The zero-order chi connectivity index (χ0) is 12.4. The standard InChI is InChI=1S/C12H20N4O/c1-8(5-9-3-4-9)15-12(17)11(13)10-6-14-16(2)7-10/h6-9,11H,3-5,13H2,1-2H3,(H,15,17). The van der Waals surface area contributed by atoms with Crippen LogP contribution in [0.15, 0.2) is 12.4 Å². The summed E-state index contributed by atoms with van der Waals surface area (Å²) >= 11 is 0. The molecule has 0 radical (unpaired) electrons. The Bertz CT molecular complexity index is 397. The molecule has 0 spiro atoms. The number of amides is 1. The highest BCUT2D eigenvalue weighted by Gasteiger charge is 2.25. The first kappa shape index (κ1) is 12.1. The van der Waals surface area contributed by atoms with E-state index >= 15 is 0 Å². The van der Waals surface area contributed by atoms with Crippen molar-refractivity contribution in [1.29, 1.82) is 0 Å². The van der Waals surface area contributed by atoms with Crippen molar-refractivity contribution in [1.82, 2.24) is 15.1 Å². The van der Waals surface area contributed by atoms with Gasteiger partial charge >= 0.3 is 0 Å². The van der Waals surface area contributed by atoms with Gasteiger partial charge in [0.25, 0.3) is 0 Å². The number of hydrogen-bond donors (Lipinski definition) is 2. The van der Waals surface area contributed by atoms with Gasteiger partial charge in [-0.2, -0.15) is 5.10 Å². The zero-order valence-corrected chi connectivity index (χ0v) is 10.4. The second kappa shape index (κ2) is 4.87. The van der Waals surface area contributed by atoms with Gasteiger partial charge in [-0.1, -0.05) is 12.8 Å². The molecule has 17 heavy (non-hydrogen) atoms. The monoisotopic (exact) mass is 236 g/mol. The van der Waals surface area contributed by atoms with Gasteiger partial charge in [0.05, 0.1) is 6.20 Å². The molecule has 1 aromatic rings. The molecule has 2 rings (SSSR count). The van der Waals surface area contributed by atoms with Gasteiger partial charge in [-0.25, -0.2) is 0 Å². The number of aryl methyl sites for hydroxylation is 1. The van der Waals surface area contributed by atoms with Crippen molar-refractivity contribution in [2.75, 3.05) is 0 Å². The number of rotatable bonds is 5. The van der Waals surface area contributed by atoms with Crippen LogP contribution in [0.25, 0.3) is 0 Å². The summed E-state index contributed by atoms with van der Waals surface area (Å²) in [6.45, 7) is 2.03. The quantitative estimate of drug-likeness (QED) is 0.791. The fraction of sp³-hybridized carbons (Fsp3) is 0.667. The Balaban J connectivity index is 1.85. The van der Waals surface area contributed by atoms with Gasteiger partial charge < -0.3 is 11.1 Å². The minimum Gasteiger partial charge on any atom is -0.352 e. The number of nitrogens with one attached hydrogen (secondary N) is 1.